The third-order valence-corrected chi connectivity index (χ3v) is 7.99. The van der Waals surface area contributed by atoms with Gasteiger partial charge in [-0.2, -0.15) is 0 Å². The van der Waals surface area contributed by atoms with Crippen molar-refractivity contribution in [1.29, 1.82) is 0 Å². The monoisotopic (exact) mass is 532 g/mol. The molecule has 0 unspecified atom stereocenters. The smallest absolute Gasteiger partial charge is 0.264 e. The van der Waals surface area contributed by atoms with Crippen molar-refractivity contribution in [3.63, 3.8) is 0 Å². The van der Waals surface area contributed by atoms with Crippen LogP contribution in [0.4, 0.5) is 5.95 Å². The number of carbonyl (C=O) groups is 1. The van der Waals surface area contributed by atoms with Gasteiger partial charge in [-0.3, -0.25) is 4.79 Å². The zero-order valence-electron chi connectivity index (χ0n) is 20.4. The molecule has 0 radical (unpaired) electrons. The van der Waals surface area contributed by atoms with E-state index in [9.17, 15) is 13.2 Å². The number of aryl methyl sites for hydroxylation is 2. The number of nitrogens with zero attached hydrogens (tertiary/aromatic N) is 3. The molecule has 7 nitrogen and oxygen atoms in total. The number of benzene rings is 3. The fourth-order valence-electron chi connectivity index (χ4n) is 4.64. The molecule has 188 valence electrons. The fraction of sp³-hybridized carbons (Fsp3) is 0.179. The van der Waals surface area contributed by atoms with E-state index in [0.29, 0.717) is 24.3 Å². The lowest BCUT2D eigenvalue weighted by atomic mass is 9.99. The molecule has 5 rings (SSSR count). The van der Waals surface area contributed by atoms with E-state index < -0.39 is 10.0 Å². The Morgan fingerprint density at radius 1 is 0.919 bits per heavy atom. The molecular formula is C28H25ClN4O3S. The predicted molar refractivity (Wildman–Crippen MR) is 144 cm³/mol. The Labute approximate surface area is 221 Å². The lowest BCUT2D eigenvalue weighted by Crippen LogP contribution is -2.36. The van der Waals surface area contributed by atoms with Crippen LogP contribution in [-0.4, -0.2) is 35.7 Å². The SMILES string of the molecule is Cc1cccc(C)c1-c1cc(Cl)nc(NS(=O)(=O)c2cccc(C(=O)N3CCc4ccccc4C3)c2)n1. The van der Waals surface area contributed by atoms with Crippen molar-refractivity contribution in [2.24, 2.45) is 0 Å². The summed E-state index contributed by atoms with van der Waals surface area (Å²) in [4.78, 5) is 23.4. The summed E-state index contributed by atoms with van der Waals surface area (Å²) in [5.74, 6) is -0.364. The third kappa shape index (κ3) is 5.21. The molecule has 1 aromatic heterocycles. The molecule has 0 aliphatic carbocycles. The first-order valence-corrected chi connectivity index (χ1v) is 13.7. The molecule has 9 heteroatoms. The van der Waals surface area contributed by atoms with Crippen LogP contribution in [0.2, 0.25) is 5.15 Å². The summed E-state index contributed by atoms with van der Waals surface area (Å²) in [5.41, 5.74) is 5.97. The number of carbonyl (C=O) groups excluding carboxylic acids is 1. The summed E-state index contributed by atoms with van der Waals surface area (Å²) in [5, 5.41) is 0.111. The Morgan fingerprint density at radius 2 is 1.62 bits per heavy atom. The molecule has 1 aliphatic heterocycles. The van der Waals surface area contributed by atoms with Gasteiger partial charge in [-0.05, 0) is 60.7 Å². The van der Waals surface area contributed by atoms with Crippen molar-refractivity contribution in [3.8, 4) is 11.3 Å². The number of rotatable bonds is 5. The van der Waals surface area contributed by atoms with Crippen molar-refractivity contribution in [2.75, 3.05) is 11.3 Å². The summed E-state index contributed by atoms with van der Waals surface area (Å²) >= 11 is 6.23. The lowest BCUT2D eigenvalue weighted by molar-refractivity contribution is 0.0734. The lowest BCUT2D eigenvalue weighted by Gasteiger charge is -2.29. The number of aromatic nitrogens is 2. The molecule has 4 aromatic rings. The van der Waals surface area contributed by atoms with Gasteiger partial charge in [-0.25, -0.2) is 23.1 Å². The Bertz CT molecular complexity index is 1600. The second-order valence-electron chi connectivity index (χ2n) is 9.05. The van der Waals surface area contributed by atoms with Crippen LogP contribution in [0.1, 0.15) is 32.6 Å². The minimum absolute atomic E-state index is 0.0621. The summed E-state index contributed by atoms with van der Waals surface area (Å²) in [6.45, 7) is 4.96. The number of amides is 1. The van der Waals surface area contributed by atoms with Crippen LogP contribution in [0.25, 0.3) is 11.3 Å². The summed E-state index contributed by atoms with van der Waals surface area (Å²) in [6.07, 6.45) is 0.760. The van der Waals surface area contributed by atoms with E-state index in [4.69, 9.17) is 11.6 Å². The Balaban J connectivity index is 1.41. The van der Waals surface area contributed by atoms with Gasteiger partial charge >= 0.3 is 0 Å². The fourth-order valence-corrected chi connectivity index (χ4v) is 5.81. The van der Waals surface area contributed by atoms with E-state index in [1.807, 2.05) is 50.2 Å². The third-order valence-electron chi connectivity index (χ3n) is 6.47. The molecule has 0 spiro atoms. The predicted octanol–water partition coefficient (Wildman–Crippen LogP) is 5.41. The standard InChI is InChI=1S/C28H25ClN4O3S/c1-18-7-5-8-19(2)26(18)24-16-25(29)31-28(30-24)32-37(35,36)23-12-6-11-21(15-23)27(34)33-14-13-20-9-3-4-10-22(20)17-33/h3-12,15-16H,13-14,17H2,1-2H3,(H,30,31,32). The maximum absolute atomic E-state index is 13.3. The second kappa shape index (κ2) is 9.95. The molecule has 0 bridgehead atoms. The highest BCUT2D eigenvalue weighted by atomic mass is 35.5. The van der Waals surface area contributed by atoms with Gasteiger partial charge in [0, 0.05) is 30.3 Å². The summed E-state index contributed by atoms with van der Waals surface area (Å²) in [6, 6.07) is 21.5. The van der Waals surface area contributed by atoms with Crippen molar-refractivity contribution in [1.82, 2.24) is 14.9 Å². The Kier molecular flexibility index (Phi) is 6.70. The zero-order chi connectivity index (χ0) is 26.2. The number of sulfonamides is 1. The number of anilines is 1. The van der Waals surface area contributed by atoms with E-state index >= 15 is 0 Å². The molecule has 0 atom stereocenters. The molecule has 0 fully saturated rings. The van der Waals surface area contributed by atoms with Crippen LogP contribution in [-0.2, 0) is 23.0 Å². The molecule has 1 amide bonds. The van der Waals surface area contributed by atoms with Crippen LogP contribution in [0.15, 0.2) is 77.7 Å². The van der Waals surface area contributed by atoms with Gasteiger partial charge < -0.3 is 4.90 Å². The molecule has 3 aromatic carbocycles. The highest BCUT2D eigenvalue weighted by Crippen LogP contribution is 2.29. The number of fused-ring (bicyclic) bond motifs is 1. The Morgan fingerprint density at radius 3 is 2.38 bits per heavy atom. The largest absolute Gasteiger partial charge is 0.334 e. The molecule has 0 saturated carbocycles. The highest BCUT2D eigenvalue weighted by Gasteiger charge is 2.24. The van der Waals surface area contributed by atoms with Crippen LogP contribution in [0.3, 0.4) is 0 Å². The normalized spacial score (nSPS) is 13.2. The van der Waals surface area contributed by atoms with Gasteiger partial charge in [0.15, 0.2) is 0 Å². The van der Waals surface area contributed by atoms with E-state index in [1.165, 1.54) is 17.7 Å². The topological polar surface area (TPSA) is 92.3 Å². The quantitative estimate of drug-likeness (QED) is 0.347. The van der Waals surface area contributed by atoms with Gasteiger partial charge in [-0.1, -0.05) is 60.1 Å². The van der Waals surface area contributed by atoms with Crippen molar-refractivity contribution < 1.29 is 13.2 Å². The van der Waals surface area contributed by atoms with E-state index in [-0.39, 0.29) is 21.9 Å². The van der Waals surface area contributed by atoms with Crippen LogP contribution in [0.5, 0.6) is 0 Å². The van der Waals surface area contributed by atoms with E-state index in [1.54, 1.807) is 23.1 Å². The zero-order valence-corrected chi connectivity index (χ0v) is 22.0. The molecule has 0 saturated heterocycles. The second-order valence-corrected chi connectivity index (χ2v) is 11.1. The maximum atomic E-state index is 13.3. The molecular weight excluding hydrogens is 508 g/mol. The van der Waals surface area contributed by atoms with Gasteiger partial charge in [0.05, 0.1) is 10.6 Å². The molecule has 37 heavy (non-hydrogen) atoms. The van der Waals surface area contributed by atoms with Gasteiger partial charge in [0.1, 0.15) is 5.15 Å². The van der Waals surface area contributed by atoms with Gasteiger partial charge in [0.2, 0.25) is 5.95 Å². The highest BCUT2D eigenvalue weighted by molar-refractivity contribution is 7.92. The first-order valence-electron chi connectivity index (χ1n) is 11.8. The van der Waals surface area contributed by atoms with E-state index in [2.05, 4.69) is 20.8 Å². The van der Waals surface area contributed by atoms with Crippen LogP contribution in [0, 0.1) is 13.8 Å². The van der Waals surface area contributed by atoms with Crippen LogP contribution >= 0.6 is 11.6 Å². The minimum Gasteiger partial charge on any atom is -0.334 e. The van der Waals surface area contributed by atoms with Crippen molar-refractivity contribution in [2.45, 2.75) is 31.7 Å². The molecule has 1 N–H and O–H groups in total. The Hall–Kier alpha value is -3.75. The van der Waals surface area contributed by atoms with E-state index in [0.717, 1.165) is 28.7 Å². The summed E-state index contributed by atoms with van der Waals surface area (Å²) in [7, 11) is -4.09. The average molecular weight is 533 g/mol. The maximum Gasteiger partial charge on any atom is 0.264 e. The first kappa shape index (κ1) is 24.9. The molecule has 1 aliphatic rings. The van der Waals surface area contributed by atoms with Crippen molar-refractivity contribution in [3.05, 3.63) is 106 Å². The number of nitrogens with one attached hydrogen (secondary N) is 1. The number of hydrogen-bond acceptors (Lipinski definition) is 5. The van der Waals surface area contributed by atoms with Crippen LogP contribution < -0.4 is 4.72 Å². The van der Waals surface area contributed by atoms with Gasteiger partial charge in [-0.15, -0.1) is 0 Å². The number of halogens is 1. The first-order chi connectivity index (χ1) is 17.7. The van der Waals surface area contributed by atoms with Crippen molar-refractivity contribution >= 4 is 33.5 Å². The minimum atomic E-state index is -4.09. The number of hydrogen-bond donors (Lipinski definition) is 1. The molecule has 2 heterocycles. The average Bonchev–Trinajstić information content (AvgIpc) is 2.87. The van der Waals surface area contributed by atoms with Gasteiger partial charge in [0.25, 0.3) is 15.9 Å². The summed E-state index contributed by atoms with van der Waals surface area (Å²) < 4.78 is 28.9.